The maximum Gasteiger partial charge on any atom is 0.316 e. The number of rotatable bonds is 5. The molecule has 0 spiro atoms. The average Bonchev–Trinajstić information content (AvgIpc) is 3.08. The Labute approximate surface area is 133 Å². The van der Waals surface area contributed by atoms with E-state index in [9.17, 15) is 4.79 Å². The van der Waals surface area contributed by atoms with E-state index in [1.165, 1.54) is 17.3 Å². The highest BCUT2D eigenvalue weighted by atomic mass is 32.2. The second-order valence-electron chi connectivity index (χ2n) is 5.02. The molecule has 1 aliphatic heterocycles. The van der Waals surface area contributed by atoms with Gasteiger partial charge < -0.3 is 9.64 Å². The summed E-state index contributed by atoms with van der Waals surface area (Å²) in [7, 11) is 0. The Kier molecular flexibility index (Phi) is 4.33. The molecule has 0 atom stereocenters. The summed E-state index contributed by atoms with van der Waals surface area (Å²) in [5.74, 6) is 0.865. The summed E-state index contributed by atoms with van der Waals surface area (Å²) in [5, 5.41) is 9.22. The van der Waals surface area contributed by atoms with Gasteiger partial charge in [-0.05, 0) is 26.0 Å². The summed E-state index contributed by atoms with van der Waals surface area (Å²) in [6.45, 7) is 5.96. The molecule has 0 unspecified atom stereocenters. The minimum absolute atomic E-state index is 0.224. The van der Waals surface area contributed by atoms with Crippen LogP contribution in [0, 0.1) is 6.92 Å². The van der Waals surface area contributed by atoms with Crippen molar-refractivity contribution in [3.63, 3.8) is 0 Å². The molecule has 22 heavy (non-hydrogen) atoms. The van der Waals surface area contributed by atoms with Crippen molar-refractivity contribution in [1.29, 1.82) is 0 Å². The Morgan fingerprint density at radius 2 is 2.05 bits per heavy atom. The monoisotopic (exact) mass is 318 g/mol. The summed E-state index contributed by atoms with van der Waals surface area (Å²) < 4.78 is 6.98. The van der Waals surface area contributed by atoms with Crippen LogP contribution in [0.15, 0.2) is 29.4 Å². The third-order valence-electron chi connectivity index (χ3n) is 3.46. The van der Waals surface area contributed by atoms with Crippen LogP contribution in [0.4, 0.5) is 11.6 Å². The number of ether oxygens (including phenoxy) is 1. The van der Waals surface area contributed by atoms with E-state index < -0.39 is 0 Å². The zero-order valence-electron chi connectivity index (χ0n) is 12.7. The third-order valence-corrected chi connectivity index (χ3v) is 4.40. The smallest absolute Gasteiger partial charge is 0.316 e. The van der Waals surface area contributed by atoms with E-state index in [0.717, 1.165) is 29.9 Å². The second-order valence-corrected chi connectivity index (χ2v) is 5.96. The first-order valence-corrected chi connectivity index (χ1v) is 8.23. The molecule has 7 heteroatoms. The van der Waals surface area contributed by atoms with Gasteiger partial charge in [-0.15, -0.1) is 10.2 Å². The predicted molar refractivity (Wildman–Crippen MR) is 85.6 cm³/mol. The molecule has 0 amide bonds. The lowest BCUT2D eigenvalue weighted by atomic mass is 10.2. The molecule has 0 fully saturated rings. The van der Waals surface area contributed by atoms with Crippen molar-refractivity contribution in [3.05, 3.63) is 29.8 Å². The summed E-state index contributed by atoms with van der Waals surface area (Å²) in [6, 6.07) is 8.35. The topological polar surface area (TPSA) is 60.2 Å². The van der Waals surface area contributed by atoms with Crippen LogP contribution in [0.2, 0.25) is 0 Å². The lowest BCUT2D eigenvalue weighted by molar-refractivity contribution is -0.139. The van der Waals surface area contributed by atoms with Crippen LogP contribution in [-0.4, -0.2) is 39.6 Å². The summed E-state index contributed by atoms with van der Waals surface area (Å²) >= 11 is 1.37. The Balaban J connectivity index is 1.73. The molecule has 1 aliphatic rings. The van der Waals surface area contributed by atoms with Gasteiger partial charge >= 0.3 is 5.97 Å². The van der Waals surface area contributed by atoms with Crippen molar-refractivity contribution >= 4 is 29.4 Å². The van der Waals surface area contributed by atoms with Gasteiger partial charge in [0.25, 0.3) is 0 Å². The molecule has 2 aromatic rings. The lowest BCUT2D eigenvalue weighted by Gasteiger charge is -2.15. The number of hydrogen-bond acceptors (Lipinski definition) is 6. The molecule has 6 nitrogen and oxygen atoms in total. The molecule has 116 valence electrons. The summed E-state index contributed by atoms with van der Waals surface area (Å²) in [5.41, 5.74) is 2.34. The van der Waals surface area contributed by atoms with Crippen LogP contribution >= 0.6 is 11.8 Å². The normalized spacial score (nSPS) is 13.3. The van der Waals surface area contributed by atoms with Crippen LogP contribution in [0.5, 0.6) is 0 Å². The maximum atomic E-state index is 11.4. The van der Waals surface area contributed by atoms with Gasteiger partial charge in [-0.1, -0.05) is 29.5 Å². The molecule has 0 saturated heterocycles. The number of anilines is 2. The van der Waals surface area contributed by atoms with E-state index in [1.54, 1.807) is 6.92 Å². The fourth-order valence-electron chi connectivity index (χ4n) is 2.38. The van der Waals surface area contributed by atoms with Gasteiger partial charge in [0.15, 0.2) is 5.16 Å². The molecule has 2 heterocycles. The number of carbonyl (C=O) groups is 1. The second kappa shape index (κ2) is 6.39. The number of fused-ring (bicyclic) bond motifs is 1. The quantitative estimate of drug-likeness (QED) is 0.623. The van der Waals surface area contributed by atoms with Gasteiger partial charge in [0.05, 0.1) is 12.4 Å². The number of thioether (sulfide) groups is 1. The minimum atomic E-state index is -0.224. The van der Waals surface area contributed by atoms with Crippen molar-refractivity contribution in [2.75, 3.05) is 23.8 Å². The van der Waals surface area contributed by atoms with Gasteiger partial charge in [-0.3, -0.25) is 9.36 Å². The van der Waals surface area contributed by atoms with E-state index in [1.807, 2.05) is 4.57 Å². The largest absolute Gasteiger partial charge is 0.465 e. The van der Waals surface area contributed by atoms with Gasteiger partial charge in [0.1, 0.15) is 0 Å². The first kappa shape index (κ1) is 14.9. The Morgan fingerprint density at radius 3 is 2.77 bits per heavy atom. The van der Waals surface area contributed by atoms with Gasteiger partial charge in [0, 0.05) is 18.8 Å². The van der Waals surface area contributed by atoms with Gasteiger partial charge in [0.2, 0.25) is 5.95 Å². The van der Waals surface area contributed by atoms with Gasteiger partial charge in [-0.2, -0.15) is 0 Å². The van der Waals surface area contributed by atoms with E-state index in [4.69, 9.17) is 4.74 Å². The SMILES string of the molecule is CCOC(=O)CSc1nnc2n1CCN2c1ccc(C)cc1. The van der Waals surface area contributed by atoms with Crippen molar-refractivity contribution in [3.8, 4) is 0 Å². The Bertz CT molecular complexity index is 669. The Morgan fingerprint density at radius 1 is 1.27 bits per heavy atom. The van der Waals surface area contributed by atoms with E-state index in [2.05, 4.69) is 46.3 Å². The number of benzene rings is 1. The number of carbonyl (C=O) groups excluding carboxylic acids is 1. The molecule has 1 aromatic heterocycles. The molecule has 0 saturated carbocycles. The number of aryl methyl sites for hydroxylation is 1. The van der Waals surface area contributed by atoms with Crippen molar-refractivity contribution in [1.82, 2.24) is 14.8 Å². The molecule has 0 bridgehead atoms. The van der Waals surface area contributed by atoms with Crippen LogP contribution in [-0.2, 0) is 16.1 Å². The highest BCUT2D eigenvalue weighted by molar-refractivity contribution is 7.99. The standard InChI is InChI=1S/C15H18N4O2S/c1-3-21-13(20)10-22-15-17-16-14-18(8-9-19(14)15)12-6-4-11(2)5-7-12/h4-7H,3,8-10H2,1-2H3. The maximum absolute atomic E-state index is 11.4. The molecule has 1 aromatic carbocycles. The predicted octanol–water partition coefficient (Wildman–Crippen LogP) is 2.39. The van der Waals surface area contributed by atoms with Crippen LogP contribution in [0.3, 0.4) is 0 Å². The van der Waals surface area contributed by atoms with Crippen LogP contribution < -0.4 is 4.90 Å². The van der Waals surface area contributed by atoms with Gasteiger partial charge in [-0.25, -0.2) is 0 Å². The average molecular weight is 318 g/mol. The summed E-state index contributed by atoms with van der Waals surface area (Å²) in [4.78, 5) is 13.6. The number of esters is 1. The molecule has 3 rings (SSSR count). The molecular formula is C15H18N4O2S. The third kappa shape index (κ3) is 2.94. The molecule has 0 radical (unpaired) electrons. The first-order chi connectivity index (χ1) is 10.7. The van der Waals surface area contributed by atoms with E-state index >= 15 is 0 Å². The van der Waals surface area contributed by atoms with Crippen molar-refractivity contribution in [2.24, 2.45) is 0 Å². The number of nitrogens with zero attached hydrogens (tertiary/aromatic N) is 4. The van der Waals surface area contributed by atoms with Crippen LogP contribution in [0.25, 0.3) is 0 Å². The minimum Gasteiger partial charge on any atom is -0.465 e. The fraction of sp³-hybridized carbons (Fsp3) is 0.400. The summed E-state index contributed by atoms with van der Waals surface area (Å²) in [6.07, 6.45) is 0. The highest BCUT2D eigenvalue weighted by Crippen LogP contribution is 2.32. The highest BCUT2D eigenvalue weighted by Gasteiger charge is 2.26. The van der Waals surface area contributed by atoms with Crippen molar-refractivity contribution < 1.29 is 9.53 Å². The molecule has 0 N–H and O–H groups in total. The molecular weight excluding hydrogens is 300 g/mol. The Hall–Kier alpha value is -2.02. The zero-order chi connectivity index (χ0) is 15.5. The van der Waals surface area contributed by atoms with E-state index in [-0.39, 0.29) is 11.7 Å². The van der Waals surface area contributed by atoms with E-state index in [0.29, 0.717) is 6.61 Å². The van der Waals surface area contributed by atoms with Crippen LogP contribution in [0.1, 0.15) is 12.5 Å². The lowest BCUT2D eigenvalue weighted by Crippen LogP contribution is -2.14. The number of hydrogen-bond donors (Lipinski definition) is 0. The zero-order valence-corrected chi connectivity index (χ0v) is 13.5. The fourth-order valence-corrected chi connectivity index (χ4v) is 3.14. The first-order valence-electron chi connectivity index (χ1n) is 7.25. The molecule has 0 aliphatic carbocycles. The number of aromatic nitrogens is 3. The van der Waals surface area contributed by atoms with Crippen molar-refractivity contribution in [2.45, 2.75) is 25.5 Å².